The maximum Gasteiger partial charge on any atom is 0.416 e. The molecule has 4 aliphatic rings. The summed E-state index contributed by atoms with van der Waals surface area (Å²) in [6.45, 7) is 6.82. The van der Waals surface area contributed by atoms with Gasteiger partial charge in [-0.2, -0.15) is 13.2 Å². The normalized spacial score (nSPS) is 31.1. The van der Waals surface area contributed by atoms with Crippen molar-refractivity contribution in [2.75, 3.05) is 19.8 Å². The Labute approximate surface area is 195 Å². The molecule has 4 atom stereocenters. The zero-order valence-electron chi connectivity index (χ0n) is 19.8. The van der Waals surface area contributed by atoms with E-state index in [1.54, 1.807) is 11.0 Å². The van der Waals surface area contributed by atoms with Gasteiger partial charge >= 0.3 is 6.18 Å². The number of carbonyl (C=O) groups excluding carboxylic acids is 1. The lowest BCUT2D eigenvalue weighted by Crippen LogP contribution is -2.48. The molecule has 1 aromatic rings. The van der Waals surface area contributed by atoms with E-state index in [2.05, 4.69) is 19.2 Å². The van der Waals surface area contributed by atoms with Crippen molar-refractivity contribution in [2.24, 2.45) is 17.8 Å². The van der Waals surface area contributed by atoms with Gasteiger partial charge in [-0.3, -0.25) is 4.79 Å². The molecule has 1 N–H and O–H groups in total. The molecule has 7 heteroatoms. The average Bonchev–Trinajstić information content (AvgIpc) is 3.33. The molecule has 184 valence electrons. The van der Waals surface area contributed by atoms with E-state index in [1.165, 1.54) is 25.3 Å². The molecular weight excluding hydrogens is 429 g/mol. The van der Waals surface area contributed by atoms with Crippen LogP contribution in [-0.2, 0) is 28.7 Å². The minimum Gasteiger partial charge on any atom is -0.381 e. The van der Waals surface area contributed by atoms with Crippen LogP contribution in [0.4, 0.5) is 13.2 Å². The fourth-order valence-corrected chi connectivity index (χ4v) is 6.00. The van der Waals surface area contributed by atoms with Crippen LogP contribution in [0.25, 0.3) is 0 Å². The monoisotopic (exact) mass is 466 g/mol. The molecule has 1 aromatic carbocycles. The van der Waals surface area contributed by atoms with Gasteiger partial charge in [-0.25, -0.2) is 0 Å². The Hall–Kier alpha value is -1.60. The zero-order chi connectivity index (χ0) is 23.6. The van der Waals surface area contributed by atoms with E-state index in [9.17, 15) is 18.0 Å². The molecule has 1 amide bonds. The van der Waals surface area contributed by atoms with Gasteiger partial charge in [-0.15, -0.1) is 0 Å². The number of nitrogens with one attached hydrogen (secondary N) is 1. The van der Waals surface area contributed by atoms with Crippen LogP contribution in [0, 0.1) is 17.8 Å². The van der Waals surface area contributed by atoms with Gasteiger partial charge in [0, 0.05) is 31.1 Å². The van der Waals surface area contributed by atoms with Gasteiger partial charge in [0.2, 0.25) is 5.91 Å². The summed E-state index contributed by atoms with van der Waals surface area (Å²) < 4.78 is 44.9. The molecule has 2 aliphatic heterocycles. The fraction of sp³-hybridized carbons (Fsp3) is 0.731. The predicted octanol–water partition coefficient (Wildman–Crippen LogP) is 5.19. The van der Waals surface area contributed by atoms with Crippen LogP contribution in [0.15, 0.2) is 18.2 Å². The lowest BCUT2D eigenvalue weighted by Gasteiger charge is -2.34. The number of halogens is 3. The van der Waals surface area contributed by atoms with Crippen molar-refractivity contribution in [2.45, 2.75) is 83.6 Å². The van der Waals surface area contributed by atoms with Crippen molar-refractivity contribution in [1.82, 2.24) is 10.2 Å². The topological polar surface area (TPSA) is 41.6 Å². The summed E-state index contributed by atoms with van der Waals surface area (Å²) in [4.78, 5) is 14.9. The van der Waals surface area contributed by atoms with Gasteiger partial charge in [0.15, 0.2) is 0 Å². The third kappa shape index (κ3) is 5.56. The van der Waals surface area contributed by atoms with Crippen LogP contribution in [-0.4, -0.2) is 42.6 Å². The number of fused-ring (bicyclic) bond motifs is 3. The number of rotatable bonds is 3. The number of alkyl halides is 3. The Morgan fingerprint density at radius 3 is 2.45 bits per heavy atom. The first-order valence-corrected chi connectivity index (χ1v) is 12.6. The molecule has 2 bridgehead atoms. The van der Waals surface area contributed by atoms with Crippen LogP contribution in [0.1, 0.15) is 69.1 Å². The Morgan fingerprint density at radius 1 is 1.09 bits per heavy atom. The summed E-state index contributed by atoms with van der Waals surface area (Å²) in [5.41, 5.74) is 0.927. The SMILES string of the molecule is CCC.O=C(C1CC[C@@H](NC2C3CCC2COC3)C1)N1CCc2ccc(C(F)(F)F)cc2C1. The highest BCUT2D eigenvalue weighted by molar-refractivity contribution is 5.79. The van der Waals surface area contributed by atoms with Gasteiger partial charge in [-0.05, 0) is 73.6 Å². The minimum atomic E-state index is -4.35. The molecule has 2 saturated carbocycles. The van der Waals surface area contributed by atoms with Crippen LogP contribution in [0.3, 0.4) is 0 Å². The summed E-state index contributed by atoms with van der Waals surface area (Å²) in [6.07, 6.45) is 2.67. The van der Waals surface area contributed by atoms with Crippen molar-refractivity contribution in [3.05, 3.63) is 34.9 Å². The molecule has 0 aromatic heterocycles. The molecule has 5 rings (SSSR count). The molecule has 4 nitrogen and oxygen atoms in total. The van der Waals surface area contributed by atoms with Gasteiger partial charge in [0.25, 0.3) is 0 Å². The second kappa shape index (κ2) is 10.3. The second-order valence-corrected chi connectivity index (χ2v) is 10.2. The number of nitrogens with zero attached hydrogens (tertiary/aromatic N) is 1. The van der Waals surface area contributed by atoms with Gasteiger partial charge in [0.05, 0.1) is 18.8 Å². The third-order valence-electron chi connectivity index (χ3n) is 7.66. The van der Waals surface area contributed by atoms with E-state index in [4.69, 9.17) is 4.74 Å². The fourth-order valence-electron chi connectivity index (χ4n) is 6.00. The van der Waals surface area contributed by atoms with Crippen LogP contribution < -0.4 is 5.32 Å². The van der Waals surface area contributed by atoms with Crippen molar-refractivity contribution < 1.29 is 22.7 Å². The van der Waals surface area contributed by atoms with Crippen LogP contribution in [0.2, 0.25) is 0 Å². The van der Waals surface area contributed by atoms with Gasteiger partial charge in [0.1, 0.15) is 0 Å². The first kappa shape index (κ1) is 24.5. The number of hydrogen-bond donors (Lipinski definition) is 1. The maximum absolute atomic E-state index is 13.1. The van der Waals surface area contributed by atoms with E-state index in [-0.39, 0.29) is 18.4 Å². The number of benzene rings is 1. The molecule has 2 heterocycles. The quantitative estimate of drug-likeness (QED) is 0.667. The first-order valence-electron chi connectivity index (χ1n) is 12.6. The summed E-state index contributed by atoms with van der Waals surface area (Å²) in [5, 5.41) is 3.83. The smallest absolute Gasteiger partial charge is 0.381 e. The molecule has 33 heavy (non-hydrogen) atoms. The van der Waals surface area contributed by atoms with Crippen molar-refractivity contribution in [3.8, 4) is 0 Å². The Morgan fingerprint density at radius 2 is 1.79 bits per heavy atom. The Balaban J connectivity index is 0.000000821. The number of carbonyl (C=O) groups is 1. The van der Waals surface area contributed by atoms with E-state index in [0.29, 0.717) is 42.4 Å². The number of amides is 1. The predicted molar refractivity (Wildman–Crippen MR) is 122 cm³/mol. The van der Waals surface area contributed by atoms with Crippen molar-refractivity contribution >= 4 is 5.91 Å². The van der Waals surface area contributed by atoms with Crippen LogP contribution in [0.5, 0.6) is 0 Å². The highest BCUT2D eigenvalue weighted by Gasteiger charge is 2.42. The minimum absolute atomic E-state index is 0.0210. The van der Waals surface area contributed by atoms with E-state index in [1.807, 2.05) is 0 Å². The summed E-state index contributed by atoms with van der Waals surface area (Å²) in [6, 6.07) is 4.80. The lowest BCUT2D eigenvalue weighted by atomic mass is 9.94. The van der Waals surface area contributed by atoms with E-state index in [0.717, 1.165) is 44.1 Å². The number of hydrogen-bond acceptors (Lipinski definition) is 3. The van der Waals surface area contributed by atoms with Crippen LogP contribution >= 0.6 is 0 Å². The highest BCUT2D eigenvalue weighted by Crippen LogP contribution is 2.38. The van der Waals surface area contributed by atoms with E-state index < -0.39 is 11.7 Å². The standard InChI is InChI=1S/C23H29F3N2O2.C3H8/c24-23(25,26)19-5-3-14-7-8-28(11-18(14)9-19)22(29)15-4-6-20(10-15)27-21-16-1-2-17(21)13-30-12-16;1-3-2/h3,5,9,15-17,20-21,27H,1-2,4,6-8,10-13H2;3H2,1-2H3/t15?,16?,17?,20-,21?;/m1./s1. The van der Waals surface area contributed by atoms with Gasteiger partial charge in [-0.1, -0.05) is 26.3 Å². The third-order valence-corrected chi connectivity index (χ3v) is 7.66. The molecule has 0 spiro atoms. The molecule has 1 saturated heterocycles. The van der Waals surface area contributed by atoms with Crippen molar-refractivity contribution in [1.29, 1.82) is 0 Å². The zero-order valence-corrected chi connectivity index (χ0v) is 19.8. The molecule has 3 fully saturated rings. The summed E-state index contributed by atoms with van der Waals surface area (Å²) in [5.74, 6) is 1.28. The van der Waals surface area contributed by atoms with E-state index >= 15 is 0 Å². The Kier molecular flexibility index (Phi) is 7.69. The first-order chi connectivity index (χ1) is 15.8. The molecule has 0 radical (unpaired) electrons. The number of ether oxygens (including phenoxy) is 1. The maximum atomic E-state index is 13.1. The summed E-state index contributed by atoms with van der Waals surface area (Å²) >= 11 is 0. The Bertz CT molecular complexity index is 812. The highest BCUT2D eigenvalue weighted by atomic mass is 19.4. The van der Waals surface area contributed by atoms with Gasteiger partial charge < -0.3 is 15.0 Å². The second-order valence-electron chi connectivity index (χ2n) is 10.2. The average molecular weight is 467 g/mol. The lowest BCUT2D eigenvalue weighted by molar-refractivity contribution is -0.137. The largest absolute Gasteiger partial charge is 0.416 e. The molecule has 3 unspecified atom stereocenters. The summed E-state index contributed by atoms with van der Waals surface area (Å²) in [7, 11) is 0. The molecule has 2 aliphatic carbocycles. The molecular formula is C26H37F3N2O2. The van der Waals surface area contributed by atoms with Crippen molar-refractivity contribution in [3.63, 3.8) is 0 Å².